The number of hydrazine groups is 1. The van der Waals surface area contributed by atoms with E-state index < -0.39 is 5.54 Å². The fraction of sp³-hybridized carbons (Fsp3) is 0.889. The predicted molar refractivity (Wildman–Crippen MR) is 51.3 cm³/mol. The van der Waals surface area contributed by atoms with Gasteiger partial charge in [-0.1, -0.05) is 0 Å². The van der Waals surface area contributed by atoms with Gasteiger partial charge in [-0.05, 0) is 19.3 Å². The van der Waals surface area contributed by atoms with Crippen LogP contribution in [0, 0.1) is 0 Å². The molecule has 2 rings (SSSR count). The lowest BCUT2D eigenvalue weighted by Gasteiger charge is -2.38. The van der Waals surface area contributed by atoms with Crippen LogP contribution in [0.2, 0.25) is 0 Å². The van der Waals surface area contributed by atoms with E-state index in [1.54, 1.807) is 0 Å². The first-order valence-electron chi connectivity index (χ1n) is 5.13. The number of hydrogen-bond donors (Lipinski definition) is 2. The van der Waals surface area contributed by atoms with Gasteiger partial charge >= 0.3 is 0 Å². The van der Waals surface area contributed by atoms with Crippen molar-refractivity contribution in [3.8, 4) is 0 Å². The van der Waals surface area contributed by atoms with Crippen molar-refractivity contribution in [2.24, 2.45) is 5.73 Å². The largest absolute Gasteiger partial charge is 0.379 e. The van der Waals surface area contributed by atoms with Gasteiger partial charge < -0.3 is 10.5 Å². The SMILES string of the molecule is NC1(C(=O)NN2CCOCC2)CCC1. The second kappa shape index (κ2) is 3.84. The van der Waals surface area contributed by atoms with Crippen LogP contribution >= 0.6 is 0 Å². The Morgan fingerprint density at radius 1 is 1.36 bits per heavy atom. The Hall–Kier alpha value is -0.650. The summed E-state index contributed by atoms with van der Waals surface area (Å²) in [7, 11) is 0. The van der Waals surface area contributed by atoms with E-state index in [-0.39, 0.29) is 5.91 Å². The number of morpholine rings is 1. The molecule has 2 fully saturated rings. The van der Waals surface area contributed by atoms with Crippen molar-refractivity contribution in [3.63, 3.8) is 0 Å². The highest BCUT2D eigenvalue weighted by molar-refractivity contribution is 5.86. The fourth-order valence-corrected chi connectivity index (χ4v) is 1.71. The quantitative estimate of drug-likeness (QED) is 0.613. The van der Waals surface area contributed by atoms with Gasteiger partial charge in [-0.15, -0.1) is 0 Å². The Morgan fingerprint density at radius 2 is 2.00 bits per heavy atom. The van der Waals surface area contributed by atoms with Crippen LogP contribution in [0.1, 0.15) is 19.3 Å². The van der Waals surface area contributed by atoms with Crippen LogP contribution in [0.5, 0.6) is 0 Å². The molecule has 1 aliphatic heterocycles. The molecule has 0 unspecified atom stereocenters. The van der Waals surface area contributed by atoms with E-state index in [4.69, 9.17) is 10.5 Å². The lowest BCUT2D eigenvalue weighted by Crippen LogP contribution is -2.62. The molecule has 1 aliphatic carbocycles. The Morgan fingerprint density at radius 3 is 2.50 bits per heavy atom. The molecule has 5 nitrogen and oxygen atoms in total. The zero-order valence-corrected chi connectivity index (χ0v) is 8.29. The number of amides is 1. The van der Waals surface area contributed by atoms with Crippen molar-refractivity contribution in [2.45, 2.75) is 24.8 Å². The zero-order valence-electron chi connectivity index (χ0n) is 8.29. The summed E-state index contributed by atoms with van der Waals surface area (Å²) < 4.78 is 5.18. The van der Waals surface area contributed by atoms with Gasteiger partial charge in [0.1, 0.15) is 0 Å². The molecule has 3 N–H and O–H groups in total. The Labute approximate surface area is 83.5 Å². The van der Waals surface area contributed by atoms with E-state index in [0.29, 0.717) is 13.2 Å². The molecule has 1 saturated heterocycles. The van der Waals surface area contributed by atoms with Crippen LogP contribution in [-0.2, 0) is 9.53 Å². The average molecular weight is 199 g/mol. The molecular formula is C9H17N3O2. The minimum absolute atomic E-state index is 0.0364. The highest BCUT2D eigenvalue weighted by Crippen LogP contribution is 2.29. The van der Waals surface area contributed by atoms with Crippen LogP contribution in [0.3, 0.4) is 0 Å². The summed E-state index contributed by atoms with van der Waals surface area (Å²) in [6.07, 6.45) is 2.68. The van der Waals surface area contributed by atoms with Crippen molar-refractivity contribution >= 4 is 5.91 Å². The monoisotopic (exact) mass is 199 g/mol. The van der Waals surface area contributed by atoms with Gasteiger partial charge in [-0.25, -0.2) is 5.01 Å². The van der Waals surface area contributed by atoms with E-state index in [0.717, 1.165) is 32.4 Å². The maximum Gasteiger partial charge on any atom is 0.254 e. The molecule has 80 valence electrons. The number of ether oxygens (including phenoxy) is 1. The molecule has 0 aromatic rings. The number of carbonyl (C=O) groups excluding carboxylic acids is 1. The maximum atomic E-state index is 11.7. The number of nitrogens with one attached hydrogen (secondary N) is 1. The molecule has 1 heterocycles. The van der Waals surface area contributed by atoms with Gasteiger partial charge in [0.15, 0.2) is 0 Å². The van der Waals surface area contributed by atoms with Gasteiger partial charge in [0.2, 0.25) is 0 Å². The summed E-state index contributed by atoms with van der Waals surface area (Å²) in [5.41, 5.74) is 8.15. The number of hydrogen-bond acceptors (Lipinski definition) is 4. The van der Waals surface area contributed by atoms with Crippen molar-refractivity contribution < 1.29 is 9.53 Å². The molecular weight excluding hydrogens is 182 g/mol. The molecule has 0 bridgehead atoms. The van der Waals surface area contributed by atoms with Crippen LogP contribution in [0.25, 0.3) is 0 Å². The average Bonchev–Trinajstić information content (AvgIpc) is 2.15. The van der Waals surface area contributed by atoms with Crippen LogP contribution < -0.4 is 11.2 Å². The van der Waals surface area contributed by atoms with Gasteiger partial charge in [0.25, 0.3) is 5.91 Å². The first-order valence-corrected chi connectivity index (χ1v) is 5.13. The van der Waals surface area contributed by atoms with Gasteiger partial charge in [-0.3, -0.25) is 10.2 Å². The van der Waals surface area contributed by atoms with E-state index in [2.05, 4.69) is 5.43 Å². The van der Waals surface area contributed by atoms with Gasteiger partial charge in [0, 0.05) is 13.1 Å². The Balaban J connectivity index is 1.81. The van der Waals surface area contributed by atoms with Crippen molar-refractivity contribution in [3.05, 3.63) is 0 Å². The maximum absolute atomic E-state index is 11.7. The van der Waals surface area contributed by atoms with E-state index in [9.17, 15) is 4.79 Å². The predicted octanol–water partition coefficient (Wildman–Crippen LogP) is -0.769. The molecule has 0 aromatic heterocycles. The lowest BCUT2D eigenvalue weighted by molar-refractivity contribution is -0.136. The first kappa shape index (κ1) is 9.89. The summed E-state index contributed by atoms with van der Waals surface area (Å²) in [4.78, 5) is 11.7. The molecule has 1 saturated carbocycles. The lowest BCUT2D eigenvalue weighted by atomic mass is 9.77. The number of nitrogens with zero attached hydrogens (tertiary/aromatic N) is 1. The Kier molecular flexibility index (Phi) is 2.71. The highest BCUT2D eigenvalue weighted by Gasteiger charge is 2.40. The summed E-state index contributed by atoms with van der Waals surface area (Å²) >= 11 is 0. The van der Waals surface area contributed by atoms with Gasteiger partial charge in [0.05, 0.1) is 18.8 Å². The third-order valence-corrected chi connectivity index (χ3v) is 2.97. The third-order valence-electron chi connectivity index (χ3n) is 2.97. The molecule has 0 aromatic carbocycles. The van der Waals surface area contributed by atoms with Crippen LogP contribution in [0.15, 0.2) is 0 Å². The fourth-order valence-electron chi connectivity index (χ4n) is 1.71. The van der Waals surface area contributed by atoms with E-state index >= 15 is 0 Å². The molecule has 5 heteroatoms. The smallest absolute Gasteiger partial charge is 0.254 e. The summed E-state index contributed by atoms with van der Waals surface area (Å²) in [6, 6.07) is 0. The standard InChI is InChI=1S/C9H17N3O2/c10-9(2-1-3-9)8(13)11-12-4-6-14-7-5-12/h1-7,10H2,(H,11,13). The van der Waals surface area contributed by atoms with E-state index in [1.165, 1.54) is 0 Å². The van der Waals surface area contributed by atoms with Crippen molar-refractivity contribution in [2.75, 3.05) is 26.3 Å². The molecule has 1 amide bonds. The summed E-state index contributed by atoms with van der Waals surface area (Å²) in [6.45, 7) is 2.86. The van der Waals surface area contributed by atoms with Crippen molar-refractivity contribution in [1.82, 2.24) is 10.4 Å². The first-order chi connectivity index (χ1) is 6.71. The normalized spacial score (nSPS) is 26.6. The summed E-state index contributed by atoms with van der Waals surface area (Å²) in [5.74, 6) is -0.0364. The topological polar surface area (TPSA) is 67.6 Å². The summed E-state index contributed by atoms with van der Waals surface area (Å²) in [5, 5.41) is 1.89. The number of carbonyl (C=O) groups is 1. The third kappa shape index (κ3) is 1.89. The Bertz CT molecular complexity index is 222. The second-order valence-corrected chi connectivity index (χ2v) is 4.05. The van der Waals surface area contributed by atoms with E-state index in [1.807, 2.05) is 5.01 Å². The highest BCUT2D eigenvalue weighted by atomic mass is 16.5. The van der Waals surface area contributed by atoms with Crippen LogP contribution in [0.4, 0.5) is 0 Å². The minimum atomic E-state index is -0.599. The van der Waals surface area contributed by atoms with Gasteiger partial charge in [-0.2, -0.15) is 0 Å². The zero-order chi connectivity index (χ0) is 10.0. The molecule has 0 atom stereocenters. The van der Waals surface area contributed by atoms with Crippen molar-refractivity contribution in [1.29, 1.82) is 0 Å². The number of nitrogens with two attached hydrogens (primary N) is 1. The number of rotatable bonds is 2. The molecule has 14 heavy (non-hydrogen) atoms. The molecule has 0 spiro atoms. The minimum Gasteiger partial charge on any atom is -0.379 e. The second-order valence-electron chi connectivity index (χ2n) is 4.05. The molecule has 0 radical (unpaired) electrons. The van der Waals surface area contributed by atoms with Crippen LogP contribution in [-0.4, -0.2) is 42.8 Å². The molecule has 2 aliphatic rings.